The molecule has 68 valence electrons. The summed E-state index contributed by atoms with van der Waals surface area (Å²) in [7, 11) is 1.61. The molecule has 0 radical (unpaired) electrons. The highest BCUT2D eigenvalue weighted by atomic mass is 16.5. The highest BCUT2D eigenvalue weighted by molar-refractivity contribution is 5.93. The van der Waals surface area contributed by atoms with Crippen LogP contribution in [0.4, 0.5) is 0 Å². The molecule has 3 heteroatoms. The van der Waals surface area contributed by atoms with Crippen molar-refractivity contribution in [3.63, 3.8) is 0 Å². The van der Waals surface area contributed by atoms with Gasteiger partial charge in [0.15, 0.2) is 0 Å². The van der Waals surface area contributed by atoms with E-state index < -0.39 is 0 Å². The van der Waals surface area contributed by atoms with Crippen LogP contribution in [0.5, 0.6) is 0 Å². The molecule has 3 nitrogen and oxygen atoms in total. The second kappa shape index (κ2) is 5.62. The van der Waals surface area contributed by atoms with Crippen LogP contribution >= 0.6 is 0 Å². The smallest absolute Gasteiger partial charge is 0.296 e. The van der Waals surface area contributed by atoms with Gasteiger partial charge in [-0.25, -0.2) is 0 Å². The molecule has 0 spiro atoms. The van der Waals surface area contributed by atoms with Gasteiger partial charge >= 0.3 is 0 Å². The van der Waals surface area contributed by atoms with Gasteiger partial charge in [0, 0.05) is 7.11 Å². The van der Waals surface area contributed by atoms with Gasteiger partial charge in [0.2, 0.25) is 0 Å². The van der Waals surface area contributed by atoms with Gasteiger partial charge in [-0.2, -0.15) is 0 Å². The van der Waals surface area contributed by atoms with Crippen LogP contribution in [0, 0.1) is 11.8 Å². The van der Waals surface area contributed by atoms with Gasteiger partial charge in [-0.3, -0.25) is 4.79 Å². The van der Waals surface area contributed by atoms with Gasteiger partial charge in [0.1, 0.15) is 0 Å². The summed E-state index contributed by atoms with van der Waals surface area (Å²) in [6, 6.07) is -0.0108. The topological polar surface area (TPSA) is 38.3 Å². The second-order valence-electron chi connectivity index (χ2n) is 2.58. The van der Waals surface area contributed by atoms with Crippen molar-refractivity contribution in [3.8, 4) is 11.8 Å². The van der Waals surface area contributed by atoms with E-state index in [2.05, 4.69) is 17.2 Å². The fraction of sp³-hybridized carbons (Fsp3) is 0.667. The molecule has 0 aliphatic carbocycles. The predicted octanol–water partition coefficient (Wildman–Crippen LogP) is 0.549. The Morgan fingerprint density at radius 3 is 2.50 bits per heavy atom. The minimum Gasteiger partial charge on any atom is -0.380 e. The SMILES string of the molecule is CC#CC(=O)N[C@H](C)C(C)OC. The number of amides is 1. The van der Waals surface area contributed by atoms with Gasteiger partial charge in [-0.15, -0.1) is 0 Å². The molecule has 0 fully saturated rings. The van der Waals surface area contributed by atoms with E-state index in [4.69, 9.17) is 4.74 Å². The molecule has 0 saturated heterocycles. The van der Waals surface area contributed by atoms with Crippen molar-refractivity contribution < 1.29 is 9.53 Å². The van der Waals surface area contributed by atoms with Crippen molar-refractivity contribution in [2.24, 2.45) is 0 Å². The molecular weight excluding hydrogens is 154 g/mol. The van der Waals surface area contributed by atoms with Gasteiger partial charge in [-0.1, -0.05) is 5.92 Å². The van der Waals surface area contributed by atoms with Crippen LogP contribution < -0.4 is 5.32 Å². The van der Waals surface area contributed by atoms with Gasteiger partial charge < -0.3 is 10.1 Å². The third-order valence-electron chi connectivity index (χ3n) is 1.67. The average molecular weight is 169 g/mol. The van der Waals surface area contributed by atoms with Crippen LogP contribution in [0.3, 0.4) is 0 Å². The summed E-state index contributed by atoms with van der Waals surface area (Å²) in [5.74, 6) is 4.67. The summed E-state index contributed by atoms with van der Waals surface area (Å²) in [6.45, 7) is 5.40. The maximum atomic E-state index is 10.9. The van der Waals surface area contributed by atoms with E-state index in [1.54, 1.807) is 14.0 Å². The molecule has 1 N–H and O–H groups in total. The highest BCUT2D eigenvalue weighted by Crippen LogP contribution is 1.94. The molecule has 1 unspecified atom stereocenters. The number of hydrogen-bond acceptors (Lipinski definition) is 2. The fourth-order valence-electron chi connectivity index (χ4n) is 0.678. The van der Waals surface area contributed by atoms with Gasteiger partial charge in [-0.05, 0) is 26.7 Å². The van der Waals surface area contributed by atoms with Gasteiger partial charge in [0.25, 0.3) is 5.91 Å². The molecule has 0 bridgehead atoms. The third-order valence-corrected chi connectivity index (χ3v) is 1.67. The Hall–Kier alpha value is -1.01. The minimum absolute atomic E-state index is 0.00704. The van der Waals surface area contributed by atoms with Crippen molar-refractivity contribution in [1.29, 1.82) is 0 Å². The molecule has 0 aromatic carbocycles. The lowest BCUT2D eigenvalue weighted by molar-refractivity contribution is -0.117. The van der Waals surface area contributed by atoms with Crippen molar-refractivity contribution in [2.75, 3.05) is 7.11 Å². The van der Waals surface area contributed by atoms with Crippen LogP contribution in [0.15, 0.2) is 0 Å². The first-order valence-corrected chi connectivity index (χ1v) is 3.87. The quantitative estimate of drug-likeness (QED) is 0.626. The molecule has 0 aromatic rings. The second-order valence-corrected chi connectivity index (χ2v) is 2.58. The minimum atomic E-state index is -0.256. The molecule has 0 saturated carbocycles. The Bertz CT molecular complexity index is 202. The Kier molecular flexibility index (Phi) is 5.14. The molecule has 0 aliphatic rings. The largest absolute Gasteiger partial charge is 0.380 e. The molecule has 0 rings (SSSR count). The highest BCUT2D eigenvalue weighted by Gasteiger charge is 2.11. The lowest BCUT2D eigenvalue weighted by Gasteiger charge is -2.18. The number of methoxy groups -OCH3 is 1. The summed E-state index contributed by atoms with van der Waals surface area (Å²) in [5.41, 5.74) is 0. The zero-order valence-electron chi connectivity index (χ0n) is 7.97. The standard InChI is InChI=1S/C9H15NO2/c1-5-6-9(11)10-7(2)8(3)12-4/h7-8H,1-4H3,(H,10,11)/t7-,8?/m1/s1. The van der Waals surface area contributed by atoms with Crippen LogP contribution in [-0.4, -0.2) is 25.2 Å². The summed E-state index contributed by atoms with van der Waals surface area (Å²) in [6.07, 6.45) is 0.00704. The fourth-order valence-corrected chi connectivity index (χ4v) is 0.678. The molecule has 0 aromatic heterocycles. The molecule has 1 amide bonds. The maximum absolute atomic E-state index is 10.9. The van der Waals surface area contributed by atoms with Crippen LogP contribution in [-0.2, 0) is 9.53 Å². The Morgan fingerprint density at radius 1 is 1.50 bits per heavy atom. The summed E-state index contributed by atoms with van der Waals surface area (Å²) in [4.78, 5) is 10.9. The average Bonchev–Trinajstić information content (AvgIpc) is 2.03. The number of ether oxygens (including phenoxy) is 1. The zero-order valence-corrected chi connectivity index (χ0v) is 7.97. The lowest BCUT2D eigenvalue weighted by atomic mass is 10.2. The van der Waals surface area contributed by atoms with E-state index in [0.717, 1.165) is 0 Å². The molecule has 2 atom stereocenters. The first kappa shape index (κ1) is 11.0. The summed E-state index contributed by atoms with van der Waals surface area (Å²) >= 11 is 0. The van der Waals surface area contributed by atoms with Crippen molar-refractivity contribution >= 4 is 5.91 Å². The van der Waals surface area contributed by atoms with E-state index in [0.29, 0.717) is 0 Å². The Balaban J connectivity index is 3.88. The zero-order chi connectivity index (χ0) is 9.56. The first-order valence-electron chi connectivity index (χ1n) is 3.87. The maximum Gasteiger partial charge on any atom is 0.296 e. The van der Waals surface area contributed by atoms with Crippen molar-refractivity contribution in [2.45, 2.75) is 32.9 Å². The van der Waals surface area contributed by atoms with E-state index in [1.165, 1.54) is 0 Å². The van der Waals surface area contributed by atoms with E-state index in [9.17, 15) is 4.79 Å². The normalized spacial score (nSPS) is 14.0. The molecular formula is C9H15NO2. The Labute approximate surface area is 73.5 Å². The predicted molar refractivity (Wildman–Crippen MR) is 47.5 cm³/mol. The molecule has 0 heterocycles. The number of carbonyl (C=O) groups excluding carboxylic acids is 1. The summed E-state index contributed by atoms with van der Waals surface area (Å²) < 4.78 is 5.03. The summed E-state index contributed by atoms with van der Waals surface area (Å²) in [5, 5.41) is 2.69. The van der Waals surface area contributed by atoms with E-state index >= 15 is 0 Å². The number of carbonyl (C=O) groups is 1. The number of rotatable bonds is 3. The van der Waals surface area contributed by atoms with Crippen molar-refractivity contribution in [1.82, 2.24) is 5.32 Å². The van der Waals surface area contributed by atoms with E-state index in [1.807, 2.05) is 13.8 Å². The Morgan fingerprint density at radius 2 is 2.08 bits per heavy atom. The third kappa shape index (κ3) is 3.99. The monoisotopic (exact) mass is 169 g/mol. The molecule has 12 heavy (non-hydrogen) atoms. The van der Waals surface area contributed by atoms with Crippen LogP contribution in [0.25, 0.3) is 0 Å². The van der Waals surface area contributed by atoms with Crippen LogP contribution in [0.1, 0.15) is 20.8 Å². The number of hydrogen-bond donors (Lipinski definition) is 1. The first-order chi connectivity index (χ1) is 5.61. The number of nitrogens with one attached hydrogen (secondary N) is 1. The van der Waals surface area contributed by atoms with Crippen molar-refractivity contribution in [3.05, 3.63) is 0 Å². The van der Waals surface area contributed by atoms with Crippen LogP contribution in [0.2, 0.25) is 0 Å². The van der Waals surface area contributed by atoms with Gasteiger partial charge in [0.05, 0.1) is 12.1 Å². The molecule has 0 aliphatic heterocycles. The van der Waals surface area contributed by atoms with E-state index in [-0.39, 0.29) is 18.1 Å². The lowest BCUT2D eigenvalue weighted by Crippen LogP contribution is -2.39.